The van der Waals surface area contributed by atoms with Gasteiger partial charge in [-0.1, -0.05) is 6.07 Å². The third-order valence-electron chi connectivity index (χ3n) is 2.05. The van der Waals surface area contributed by atoms with Crippen LogP contribution in [-0.2, 0) is 4.79 Å². The van der Waals surface area contributed by atoms with Crippen molar-refractivity contribution in [2.45, 2.75) is 6.04 Å². The predicted molar refractivity (Wildman–Crippen MR) is 55.7 cm³/mol. The van der Waals surface area contributed by atoms with Crippen molar-refractivity contribution in [2.24, 2.45) is 0 Å². The van der Waals surface area contributed by atoms with E-state index in [1.807, 2.05) is 5.32 Å². The van der Waals surface area contributed by atoms with Gasteiger partial charge in [-0.25, -0.2) is 4.79 Å². The van der Waals surface area contributed by atoms with Crippen LogP contribution in [0, 0.1) is 0 Å². The number of carbonyl (C=O) groups is 2. The van der Waals surface area contributed by atoms with Crippen LogP contribution in [0.4, 0.5) is 0 Å². The molecule has 0 aromatic heterocycles. The molecule has 1 aromatic rings. The van der Waals surface area contributed by atoms with Gasteiger partial charge in [-0.15, -0.1) is 0 Å². The van der Waals surface area contributed by atoms with Gasteiger partial charge < -0.3 is 25.7 Å². The van der Waals surface area contributed by atoms with Crippen molar-refractivity contribution < 1.29 is 30.0 Å². The van der Waals surface area contributed by atoms with Gasteiger partial charge in [0.15, 0.2) is 17.5 Å². The van der Waals surface area contributed by atoms with Crippen molar-refractivity contribution in [2.75, 3.05) is 6.61 Å². The molecule has 0 aliphatic heterocycles. The summed E-state index contributed by atoms with van der Waals surface area (Å²) in [7, 11) is 0. The number of carboxylic acids is 1. The minimum atomic E-state index is -1.47. The number of aliphatic carboxylic acids is 1. The van der Waals surface area contributed by atoms with Gasteiger partial charge in [-0.05, 0) is 12.1 Å². The van der Waals surface area contributed by atoms with E-state index in [0.29, 0.717) is 0 Å². The number of hydrogen-bond acceptors (Lipinski definition) is 5. The summed E-state index contributed by atoms with van der Waals surface area (Å²) in [5, 5.41) is 37.8. The van der Waals surface area contributed by atoms with Crippen LogP contribution in [0.2, 0.25) is 0 Å². The van der Waals surface area contributed by atoms with Gasteiger partial charge >= 0.3 is 5.97 Å². The van der Waals surface area contributed by atoms with Gasteiger partial charge in [0, 0.05) is 0 Å². The smallest absolute Gasteiger partial charge is 0.328 e. The van der Waals surface area contributed by atoms with Crippen LogP contribution in [-0.4, -0.2) is 45.0 Å². The Morgan fingerprint density at radius 2 is 1.94 bits per heavy atom. The van der Waals surface area contributed by atoms with E-state index in [9.17, 15) is 14.7 Å². The molecule has 1 aromatic carbocycles. The Labute approximate surface area is 95.9 Å². The van der Waals surface area contributed by atoms with Gasteiger partial charge in [-0.2, -0.15) is 0 Å². The molecule has 7 heteroatoms. The third-order valence-corrected chi connectivity index (χ3v) is 2.05. The average Bonchev–Trinajstić information content (AvgIpc) is 2.28. The van der Waals surface area contributed by atoms with Crippen LogP contribution in [0.15, 0.2) is 18.2 Å². The minimum absolute atomic E-state index is 0.273. The fourth-order valence-corrected chi connectivity index (χ4v) is 1.14. The summed E-state index contributed by atoms with van der Waals surface area (Å²) in [5.74, 6) is -3.44. The summed E-state index contributed by atoms with van der Waals surface area (Å²) in [6.45, 7) is -0.777. The first-order chi connectivity index (χ1) is 7.97. The first-order valence-electron chi connectivity index (χ1n) is 4.62. The first kappa shape index (κ1) is 12.8. The normalized spacial score (nSPS) is 11.8. The van der Waals surface area contributed by atoms with Crippen molar-refractivity contribution in [3.63, 3.8) is 0 Å². The molecule has 0 aliphatic carbocycles. The number of amides is 1. The molecule has 17 heavy (non-hydrogen) atoms. The number of carboxylic acid groups (broad SMARTS) is 1. The molecule has 0 heterocycles. The molecule has 0 radical (unpaired) electrons. The van der Waals surface area contributed by atoms with Gasteiger partial charge in [0.25, 0.3) is 5.91 Å². The van der Waals surface area contributed by atoms with Crippen LogP contribution >= 0.6 is 0 Å². The second-order valence-electron chi connectivity index (χ2n) is 3.22. The second-order valence-corrected chi connectivity index (χ2v) is 3.22. The lowest BCUT2D eigenvalue weighted by Gasteiger charge is -2.12. The van der Waals surface area contributed by atoms with Crippen LogP contribution in [0.3, 0.4) is 0 Å². The quantitative estimate of drug-likeness (QED) is 0.442. The summed E-state index contributed by atoms with van der Waals surface area (Å²) in [4.78, 5) is 22.1. The van der Waals surface area contributed by atoms with Crippen molar-refractivity contribution in [1.29, 1.82) is 0 Å². The summed E-state index contributed by atoms with van der Waals surface area (Å²) in [6.07, 6.45) is 0. The summed E-state index contributed by atoms with van der Waals surface area (Å²) in [5.41, 5.74) is -0.273. The highest BCUT2D eigenvalue weighted by molar-refractivity contribution is 5.99. The third kappa shape index (κ3) is 2.85. The maximum atomic E-state index is 11.5. The molecule has 0 aliphatic rings. The number of aliphatic hydroxyl groups is 1. The summed E-state index contributed by atoms with van der Waals surface area (Å²) in [6, 6.07) is 2.23. The lowest BCUT2D eigenvalue weighted by atomic mass is 10.1. The fraction of sp³-hybridized carbons (Fsp3) is 0.200. The molecule has 0 saturated heterocycles. The Hall–Kier alpha value is -2.28. The van der Waals surface area contributed by atoms with Crippen molar-refractivity contribution in [1.82, 2.24) is 5.32 Å². The van der Waals surface area contributed by atoms with Crippen LogP contribution in [0.25, 0.3) is 0 Å². The van der Waals surface area contributed by atoms with E-state index >= 15 is 0 Å². The maximum Gasteiger partial charge on any atom is 0.328 e. The van der Waals surface area contributed by atoms with Crippen molar-refractivity contribution in [3.8, 4) is 11.5 Å². The van der Waals surface area contributed by atoms with Gasteiger partial charge in [0.2, 0.25) is 0 Å². The fourth-order valence-electron chi connectivity index (χ4n) is 1.14. The number of para-hydroxylation sites is 1. The molecule has 1 atom stereocenters. The minimum Gasteiger partial charge on any atom is -0.504 e. The second kappa shape index (κ2) is 5.17. The van der Waals surface area contributed by atoms with Crippen LogP contribution in [0.1, 0.15) is 10.4 Å². The Morgan fingerprint density at radius 3 is 2.47 bits per heavy atom. The van der Waals surface area contributed by atoms with Crippen molar-refractivity contribution in [3.05, 3.63) is 23.8 Å². The van der Waals surface area contributed by atoms with E-state index in [4.69, 9.17) is 15.3 Å². The number of hydrogen-bond donors (Lipinski definition) is 5. The SMILES string of the molecule is O=C(N[C@@H](CO)C(=O)O)c1cccc(O)c1O. The highest BCUT2D eigenvalue weighted by atomic mass is 16.4. The number of phenolic OH excluding ortho intramolecular Hbond substituents is 2. The zero-order valence-corrected chi connectivity index (χ0v) is 8.62. The lowest BCUT2D eigenvalue weighted by Crippen LogP contribution is -2.43. The van der Waals surface area contributed by atoms with E-state index in [0.717, 1.165) is 0 Å². The monoisotopic (exact) mass is 241 g/mol. The Balaban J connectivity index is 2.90. The zero-order chi connectivity index (χ0) is 13.0. The number of aliphatic hydroxyl groups excluding tert-OH is 1. The first-order valence-corrected chi connectivity index (χ1v) is 4.62. The molecular weight excluding hydrogens is 230 g/mol. The molecule has 92 valence electrons. The molecule has 5 N–H and O–H groups in total. The van der Waals surface area contributed by atoms with E-state index in [1.54, 1.807) is 0 Å². The Morgan fingerprint density at radius 1 is 1.29 bits per heavy atom. The lowest BCUT2D eigenvalue weighted by molar-refractivity contribution is -0.140. The molecule has 7 nitrogen and oxygen atoms in total. The number of carbonyl (C=O) groups excluding carboxylic acids is 1. The highest BCUT2D eigenvalue weighted by Crippen LogP contribution is 2.27. The average molecular weight is 241 g/mol. The highest BCUT2D eigenvalue weighted by Gasteiger charge is 2.21. The maximum absolute atomic E-state index is 11.5. The molecule has 0 fully saturated rings. The summed E-state index contributed by atoms with van der Waals surface area (Å²) < 4.78 is 0. The molecule has 0 spiro atoms. The Kier molecular flexibility index (Phi) is 3.89. The topological polar surface area (TPSA) is 127 Å². The van der Waals surface area contributed by atoms with Crippen LogP contribution < -0.4 is 5.32 Å². The molecule has 1 amide bonds. The van der Waals surface area contributed by atoms with Crippen LogP contribution in [0.5, 0.6) is 11.5 Å². The van der Waals surface area contributed by atoms with E-state index in [2.05, 4.69) is 0 Å². The number of rotatable bonds is 4. The van der Waals surface area contributed by atoms with E-state index in [-0.39, 0.29) is 5.56 Å². The largest absolute Gasteiger partial charge is 0.504 e. The van der Waals surface area contributed by atoms with E-state index < -0.39 is 36.0 Å². The predicted octanol–water partition coefficient (Wildman–Crippen LogP) is -0.727. The standard InChI is InChI=1S/C10H11NO6/c12-4-6(10(16)17)11-9(15)5-2-1-3-7(13)8(5)14/h1-3,6,12-14H,4H2,(H,11,15)(H,16,17)/t6-/m0/s1. The summed E-state index contributed by atoms with van der Waals surface area (Å²) >= 11 is 0. The molecule has 1 rings (SSSR count). The van der Waals surface area contributed by atoms with Gasteiger partial charge in [-0.3, -0.25) is 4.79 Å². The number of nitrogens with one attached hydrogen (secondary N) is 1. The van der Waals surface area contributed by atoms with Gasteiger partial charge in [0.1, 0.15) is 0 Å². The van der Waals surface area contributed by atoms with E-state index in [1.165, 1.54) is 18.2 Å². The molecule has 0 unspecified atom stereocenters. The van der Waals surface area contributed by atoms with Gasteiger partial charge in [0.05, 0.1) is 12.2 Å². The van der Waals surface area contributed by atoms with Crippen molar-refractivity contribution >= 4 is 11.9 Å². The number of benzene rings is 1. The molecule has 0 saturated carbocycles. The molecular formula is C10H11NO6. The molecule has 0 bridgehead atoms. The Bertz CT molecular complexity index is 444. The zero-order valence-electron chi connectivity index (χ0n) is 8.62. The number of phenols is 2. The number of aromatic hydroxyl groups is 2.